The lowest BCUT2D eigenvalue weighted by atomic mass is 9.79. The first kappa shape index (κ1) is 8.24. The highest BCUT2D eigenvalue weighted by atomic mass is 16.3. The van der Waals surface area contributed by atoms with Crippen molar-refractivity contribution in [2.75, 3.05) is 19.6 Å². The number of aromatic nitrogens is 1. The van der Waals surface area contributed by atoms with Crippen molar-refractivity contribution in [2.24, 2.45) is 0 Å². The van der Waals surface area contributed by atoms with Crippen LogP contribution >= 0.6 is 0 Å². The van der Waals surface area contributed by atoms with E-state index in [2.05, 4.69) is 9.88 Å². The second-order valence-electron chi connectivity index (χ2n) is 4.46. The third-order valence-corrected chi connectivity index (χ3v) is 3.70. The fourth-order valence-corrected chi connectivity index (χ4v) is 2.81. The molecular formula is C11H14N2O. The molecule has 3 nitrogen and oxygen atoms in total. The van der Waals surface area contributed by atoms with E-state index in [1.54, 1.807) is 6.07 Å². The van der Waals surface area contributed by atoms with Gasteiger partial charge in [-0.2, -0.15) is 0 Å². The van der Waals surface area contributed by atoms with Crippen LogP contribution in [0.4, 0.5) is 0 Å². The molecule has 3 rings (SSSR count). The predicted molar refractivity (Wildman–Crippen MR) is 53.3 cm³/mol. The molecule has 0 aromatic carbocycles. The summed E-state index contributed by atoms with van der Waals surface area (Å²) in [5.74, 6) is 0.123. The molecule has 2 aliphatic rings. The predicted octanol–water partition coefficient (Wildman–Crippen LogP) is 1.13. The molecule has 2 bridgehead atoms. The summed E-state index contributed by atoms with van der Waals surface area (Å²) >= 11 is 0. The van der Waals surface area contributed by atoms with Gasteiger partial charge in [0.15, 0.2) is 0 Å². The summed E-state index contributed by atoms with van der Waals surface area (Å²) in [6.45, 7) is 3.63. The molecule has 0 amide bonds. The van der Waals surface area contributed by atoms with Crippen LogP contribution in [-0.2, 0) is 5.41 Å². The SMILES string of the molecule is Oc1ccc(C23CCN(CC2)C3)cn1. The Morgan fingerprint density at radius 1 is 1.29 bits per heavy atom. The number of hydrogen-bond acceptors (Lipinski definition) is 3. The molecule has 1 N–H and O–H groups in total. The first-order valence-electron chi connectivity index (χ1n) is 5.16. The number of fused-ring (bicyclic) bond motifs is 2. The van der Waals surface area contributed by atoms with Crippen molar-refractivity contribution in [3.63, 3.8) is 0 Å². The Bertz CT molecular complexity index is 339. The molecule has 3 heteroatoms. The second kappa shape index (κ2) is 2.70. The highest BCUT2D eigenvalue weighted by Crippen LogP contribution is 2.42. The lowest BCUT2D eigenvalue weighted by Gasteiger charge is -2.25. The van der Waals surface area contributed by atoms with E-state index in [0.29, 0.717) is 5.41 Å². The topological polar surface area (TPSA) is 36.4 Å². The van der Waals surface area contributed by atoms with E-state index in [1.807, 2.05) is 12.3 Å². The Morgan fingerprint density at radius 2 is 2.07 bits per heavy atom. The van der Waals surface area contributed by atoms with Crippen LogP contribution in [0.3, 0.4) is 0 Å². The summed E-state index contributed by atoms with van der Waals surface area (Å²) in [5, 5.41) is 9.15. The minimum absolute atomic E-state index is 0.123. The highest BCUT2D eigenvalue weighted by Gasteiger charge is 2.44. The van der Waals surface area contributed by atoms with Gasteiger partial charge < -0.3 is 10.0 Å². The number of rotatable bonds is 1. The van der Waals surface area contributed by atoms with Gasteiger partial charge in [0.25, 0.3) is 0 Å². The maximum Gasteiger partial charge on any atom is 0.210 e. The molecule has 0 aliphatic carbocycles. The van der Waals surface area contributed by atoms with Crippen molar-refractivity contribution in [3.8, 4) is 5.88 Å². The van der Waals surface area contributed by atoms with Crippen molar-refractivity contribution in [2.45, 2.75) is 18.3 Å². The molecule has 2 fully saturated rings. The van der Waals surface area contributed by atoms with Gasteiger partial charge in [-0.15, -0.1) is 0 Å². The molecule has 0 spiro atoms. The Hall–Kier alpha value is -1.09. The van der Waals surface area contributed by atoms with Gasteiger partial charge >= 0.3 is 0 Å². The molecule has 1 aromatic heterocycles. The van der Waals surface area contributed by atoms with Gasteiger partial charge in [0, 0.05) is 24.2 Å². The number of piperidine rings is 1. The van der Waals surface area contributed by atoms with Gasteiger partial charge in [-0.25, -0.2) is 4.98 Å². The van der Waals surface area contributed by atoms with E-state index >= 15 is 0 Å². The van der Waals surface area contributed by atoms with Crippen LogP contribution in [0.15, 0.2) is 18.3 Å². The van der Waals surface area contributed by atoms with Crippen LogP contribution in [0.2, 0.25) is 0 Å². The van der Waals surface area contributed by atoms with Crippen molar-refractivity contribution in [1.82, 2.24) is 9.88 Å². The molecule has 1 aromatic rings. The molecule has 2 saturated heterocycles. The molecule has 2 aliphatic heterocycles. The average Bonchev–Trinajstić information content (AvgIpc) is 2.79. The van der Waals surface area contributed by atoms with Crippen LogP contribution < -0.4 is 0 Å². The minimum Gasteiger partial charge on any atom is -0.493 e. The van der Waals surface area contributed by atoms with Gasteiger partial charge in [0.1, 0.15) is 0 Å². The Kier molecular flexibility index (Phi) is 1.59. The van der Waals surface area contributed by atoms with Crippen molar-refractivity contribution in [1.29, 1.82) is 0 Å². The molecule has 74 valence electrons. The largest absolute Gasteiger partial charge is 0.493 e. The molecule has 14 heavy (non-hydrogen) atoms. The normalized spacial score (nSPS) is 35.0. The lowest BCUT2D eigenvalue weighted by molar-refractivity contribution is 0.363. The monoisotopic (exact) mass is 190 g/mol. The zero-order valence-corrected chi connectivity index (χ0v) is 8.11. The fraction of sp³-hybridized carbons (Fsp3) is 0.545. The Labute approximate surface area is 83.4 Å². The van der Waals surface area contributed by atoms with Crippen LogP contribution in [0.5, 0.6) is 5.88 Å². The van der Waals surface area contributed by atoms with Crippen molar-refractivity contribution >= 4 is 0 Å². The first-order chi connectivity index (χ1) is 6.78. The zero-order valence-electron chi connectivity index (χ0n) is 8.11. The van der Waals surface area contributed by atoms with Crippen LogP contribution in [0, 0.1) is 0 Å². The molecule has 0 radical (unpaired) electrons. The summed E-state index contributed by atoms with van der Waals surface area (Å²) in [4.78, 5) is 6.48. The number of aromatic hydroxyl groups is 1. The van der Waals surface area contributed by atoms with Crippen molar-refractivity contribution < 1.29 is 5.11 Å². The third kappa shape index (κ3) is 1.05. The van der Waals surface area contributed by atoms with Crippen LogP contribution in [0.25, 0.3) is 0 Å². The van der Waals surface area contributed by atoms with Crippen molar-refractivity contribution in [3.05, 3.63) is 23.9 Å². The summed E-state index contributed by atoms with van der Waals surface area (Å²) in [6, 6.07) is 3.72. The highest BCUT2D eigenvalue weighted by molar-refractivity contribution is 5.29. The summed E-state index contributed by atoms with van der Waals surface area (Å²) < 4.78 is 0. The summed E-state index contributed by atoms with van der Waals surface area (Å²) in [6.07, 6.45) is 4.34. The smallest absolute Gasteiger partial charge is 0.210 e. The molecular weight excluding hydrogens is 176 g/mol. The number of pyridine rings is 1. The average molecular weight is 190 g/mol. The maximum atomic E-state index is 9.15. The second-order valence-corrected chi connectivity index (χ2v) is 4.46. The Balaban J connectivity index is 1.98. The summed E-state index contributed by atoms with van der Waals surface area (Å²) in [5.41, 5.74) is 1.65. The van der Waals surface area contributed by atoms with E-state index in [-0.39, 0.29) is 5.88 Å². The molecule has 0 saturated carbocycles. The molecule has 0 atom stereocenters. The van der Waals surface area contributed by atoms with Gasteiger partial charge in [0.2, 0.25) is 5.88 Å². The Morgan fingerprint density at radius 3 is 2.57 bits per heavy atom. The van der Waals surface area contributed by atoms with Gasteiger partial charge in [0.05, 0.1) is 0 Å². The van der Waals surface area contributed by atoms with Crippen LogP contribution in [-0.4, -0.2) is 34.6 Å². The third-order valence-electron chi connectivity index (χ3n) is 3.70. The van der Waals surface area contributed by atoms with E-state index in [9.17, 15) is 0 Å². The minimum atomic E-state index is 0.123. The molecule has 0 unspecified atom stereocenters. The molecule has 3 heterocycles. The van der Waals surface area contributed by atoms with Gasteiger partial charge in [-0.3, -0.25) is 0 Å². The standard InChI is InChI=1S/C11H14N2O/c14-10-2-1-9(7-12-10)11-3-5-13(8-11)6-4-11/h1-2,7H,3-6,8H2,(H,12,14). The number of hydrogen-bond donors (Lipinski definition) is 1. The van der Waals surface area contributed by atoms with E-state index < -0.39 is 0 Å². The fourth-order valence-electron chi connectivity index (χ4n) is 2.81. The van der Waals surface area contributed by atoms with E-state index in [0.717, 1.165) is 0 Å². The zero-order chi connectivity index (χ0) is 9.60. The van der Waals surface area contributed by atoms with Gasteiger partial charge in [-0.1, -0.05) is 6.07 Å². The van der Waals surface area contributed by atoms with E-state index in [1.165, 1.54) is 38.0 Å². The van der Waals surface area contributed by atoms with Crippen LogP contribution in [0.1, 0.15) is 18.4 Å². The quantitative estimate of drug-likeness (QED) is 0.721. The summed E-state index contributed by atoms with van der Waals surface area (Å²) in [7, 11) is 0. The van der Waals surface area contributed by atoms with Gasteiger partial charge in [-0.05, 0) is 31.5 Å². The maximum absolute atomic E-state index is 9.15. The first-order valence-corrected chi connectivity index (χ1v) is 5.16. The van der Waals surface area contributed by atoms with E-state index in [4.69, 9.17) is 5.11 Å². The lowest BCUT2D eigenvalue weighted by Crippen LogP contribution is -2.24. The number of nitrogens with zero attached hydrogens (tertiary/aromatic N) is 2.